The van der Waals surface area contributed by atoms with Gasteiger partial charge in [-0.25, -0.2) is 0 Å². The summed E-state index contributed by atoms with van der Waals surface area (Å²) in [6.07, 6.45) is -3.70. The van der Waals surface area contributed by atoms with Gasteiger partial charge in [0.05, 0.1) is 5.92 Å². The second kappa shape index (κ2) is 5.58. The molecule has 0 heterocycles. The van der Waals surface area contributed by atoms with E-state index in [1.165, 1.54) is 7.05 Å². The van der Waals surface area contributed by atoms with Crippen LogP contribution in [0.25, 0.3) is 0 Å². The SMILES string of the molecule is CN(CC(=O)O)C(=O)C1CCCC(C(F)(F)F)C1. The molecular weight excluding hydrogens is 251 g/mol. The first-order chi connectivity index (χ1) is 8.21. The van der Waals surface area contributed by atoms with E-state index in [2.05, 4.69) is 0 Å². The number of hydrogen-bond donors (Lipinski definition) is 1. The molecule has 0 aromatic carbocycles. The van der Waals surface area contributed by atoms with Crippen molar-refractivity contribution < 1.29 is 27.9 Å². The first kappa shape index (κ1) is 14.8. The van der Waals surface area contributed by atoms with E-state index in [0.29, 0.717) is 12.8 Å². The van der Waals surface area contributed by atoms with E-state index in [4.69, 9.17) is 5.11 Å². The molecule has 1 rings (SSSR count). The van der Waals surface area contributed by atoms with Crippen LogP contribution in [0.2, 0.25) is 0 Å². The van der Waals surface area contributed by atoms with Crippen molar-refractivity contribution in [2.24, 2.45) is 11.8 Å². The van der Waals surface area contributed by atoms with Crippen molar-refractivity contribution in [2.75, 3.05) is 13.6 Å². The number of nitrogens with zero attached hydrogens (tertiary/aromatic N) is 1. The van der Waals surface area contributed by atoms with E-state index >= 15 is 0 Å². The normalized spacial score (nSPS) is 24.7. The van der Waals surface area contributed by atoms with Crippen LogP contribution in [-0.2, 0) is 9.59 Å². The highest BCUT2D eigenvalue weighted by atomic mass is 19.4. The van der Waals surface area contributed by atoms with Crippen molar-refractivity contribution in [3.05, 3.63) is 0 Å². The lowest BCUT2D eigenvalue weighted by molar-refractivity contribution is -0.187. The summed E-state index contributed by atoms with van der Waals surface area (Å²) in [5.74, 6) is -3.84. The highest BCUT2D eigenvalue weighted by Gasteiger charge is 2.44. The van der Waals surface area contributed by atoms with Crippen molar-refractivity contribution in [3.63, 3.8) is 0 Å². The fourth-order valence-corrected chi connectivity index (χ4v) is 2.30. The van der Waals surface area contributed by atoms with Gasteiger partial charge in [0.25, 0.3) is 0 Å². The quantitative estimate of drug-likeness (QED) is 0.849. The predicted molar refractivity (Wildman–Crippen MR) is 56.8 cm³/mol. The molecule has 0 aromatic heterocycles. The van der Waals surface area contributed by atoms with Gasteiger partial charge in [0, 0.05) is 13.0 Å². The summed E-state index contributed by atoms with van der Waals surface area (Å²) in [4.78, 5) is 23.2. The van der Waals surface area contributed by atoms with Crippen LogP contribution in [0.3, 0.4) is 0 Å². The molecule has 1 fully saturated rings. The zero-order valence-corrected chi connectivity index (χ0v) is 10.0. The Morgan fingerprint density at radius 3 is 2.44 bits per heavy atom. The Hall–Kier alpha value is -1.27. The highest BCUT2D eigenvalue weighted by molar-refractivity contribution is 5.82. The topological polar surface area (TPSA) is 57.6 Å². The van der Waals surface area contributed by atoms with Gasteiger partial charge in [0.15, 0.2) is 0 Å². The smallest absolute Gasteiger partial charge is 0.391 e. The van der Waals surface area contributed by atoms with E-state index in [1.807, 2.05) is 0 Å². The lowest BCUT2D eigenvalue weighted by Gasteiger charge is -2.31. The summed E-state index contributed by atoms with van der Waals surface area (Å²) in [6, 6.07) is 0. The summed E-state index contributed by atoms with van der Waals surface area (Å²) in [5.41, 5.74) is 0. The van der Waals surface area contributed by atoms with E-state index in [1.54, 1.807) is 0 Å². The Labute approximate surface area is 103 Å². The maximum atomic E-state index is 12.6. The third kappa shape index (κ3) is 3.89. The number of hydrogen-bond acceptors (Lipinski definition) is 2. The fourth-order valence-electron chi connectivity index (χ4n) is 2.30. The summed E-state index contributed by atoms with van der Waals surface area (Å²) >= 11 is 0. The number of carbonyl (C=O) groups is 2. The molecule has 0 aliphatic heterocycles. The van der Waals surface area contributed by atoms with Crippen LogP contribution in [0.15, 0.2) is 0 Å². The Morgan fingerprint density at radius 1 is 1.33 bits per heavy atom. The average molecular weight is 267 g/mol. The summed E-state index contributed by atoms with van der Waals surface area (Å²) < 4.78 is 37.7. The molecule has 1 saturated carbocycles. The summed E-state index contributed by atoms with van der Waals surface area (Å²) in [6.45, 7) is -0.480. The number of carboxylic acids is 1. The Bertz CT molecular complexity index is 330. The number of rotatable bonds is 3. The van der Waals surface area contributed by atoms with Crippen LogP contribution < -0.4 is 0 Å². The standard InChI is InChI=1S/C11H16F3NO3/c1-15(6-9(16)17)10(18)7-3-2-4-8(5-7)11(12,13)14/h7-8H,2-6H2,1H3,(H,16,17). The van der Waals surface area contributed by atoms with Crippen LogP contribution in [0, 0.1) is 11.8 Å². The molecule has 104 valence electrons. The zero-order chi connectivity index (χ0) is 13.9. The van der Waals surface area contributed by atoms with E-state index < -0.39 is 36.4 Å². The van der Waals surface area contributed by atoms with Crippen LogP contribution >= 0.6 is 0 Å². The van der Waals surface area contributed by atoms with Crippen molar-refractivity contribution in [1.82, 2.24) is 4.90 Å². The predicted octanol–water partition coefficient (Wildman–Crippen LogP) is 1.90. The van der Waals surface area contributed by atoms with Crippen LogP contribution in [-0.4, -0.2) is 41.7 Å². The second-order valence-electron chi connectivity index (χ2n) is 4.69. The molecule has 1 aliphatic rings. The van der Waals surface area contributed by atoms with Crippen molar-refractivity contribution in [3.8, 4) is 0 Å². The van der Waals surface area contributed by atoms with Gasteiger partial charge in [0.1, 0.15) is 6.54 Å². The first-order valence-corrected chi connectivity index (χ1v) is 5.75. The van der Waals surface area contributed by atoms with E-state index in [-0.39, 0.29) is 12.8 Å². The Kier molecular flexibility index (Phi) is 4.59. The van der Waals surface area contributed by atoms with Gasteiger partial charge in [-0.15, -0.1) is 0 Å². The van der Waals surface area contributed by atoms with Crippen LogP contribution in [0.1, 0.15) is 25.7 Å². The maximum Gasteiger partial charge on any atom is 0.391 e. The third-order valence-electron chi connectivity index (χ3n) is 3.24. The average Bonchev–Trinajstić information content (AvgIpc) is 2.26. The van der Waals surface area contributed by atoms with E-state index in [9.17, 15) is 22.8 Å². The summed E-state index contributed by atoms with van der Waals surface area (Å²) in [5, 5.41) is 8.54. The number of likely N-dealkylation sites (N-methyl/N-ethyl adjacent to an activating group) is 1. The number of aliphatic carboxylic acids is 1. The molecule has 0 aromatic rings. The first-order valence-electron chi connectivity index (χ1n) is 5.75. The molecule has 7 heteroatoms. The van der Waals surface area contributed by atoms with E-state index in [0.717, 1.165) is 4.90 Å². The van der Waals surface area contributed by atoms with Crippen molar-refractivity contribution >= 4 is 11.9 Å². The second-order valence-corrected chi connectivity index (χ2v) is 4.69. The maximum absolute atomic E-state index is 12.6. The molecular formula is C11H16F3NO3. The zero-order valence-electron chi connectivity index (χ0n) is 10.0. The fraction of sp³-hybridized carbons (Fsp3) is 0.818. The largest absolute Gasteiger partial charge is 0.480 e. The number of carbonyl (C=O) groups excluding carboxylic acids is 1. The number of amides is 1. The minimum atomic E-state index is -4.27. The Balaban J connectivity index is 2.61. The molecule has 0 radical (unpaired) electrons. The van der Waals surface area contributed by atoms with Crippen molar-refractivity contribution in [2.45, 2.75) is 31.9 Å². The molecule has 0 bridgehead atoms. The molecule has 1 amide bonds. The van der Waals surface area contributed by atoms with Gasteiger partial charge in [-0.3, -0.25) is 9.59 Å². The number of carboxylic acid groups (broad SMARTS) is 1. The Morgan fingerprint density at radius 2 is 1.94 bits per heavy atom. The number of alkyl halides is 3. The van der Waals surface area contributed by atoms with Crippen molar-refractivity contribution in [1.29, 1.82) is 0 Å². The molecule has 18 heavy (non-hydrogen) atoms. The third-order valence-corrected chi connectivity index (χ3v) is 3.24. The molecule has 2 atom stereocenters. The van der Waals surface area contributed by atoms with Gasteiger partial charge in [0.2, 0.25) is 5.91 Å². The highest BCUT2D eigenvalue weighted by Crippen LogP contribution is 2.40. The monoisotopic (exact) mass is 267 g/mol. The number of halogens is 3. The lowest BCUT2D eigenvalue weighted by Crippen LogP contribution is -2.40. The van der Waals surface area contributed by atoms with Gasteiger partial charge < -0.3 is 10.0 Å². The van der Waals surface area contributed by atoms with Gasteiger partial charge >= 0.3 is 12.1 Å². The summed E-state index contributed by atoms with van der Waals surface area (Å²) in [7, 11) is 1.30. The molecule has 1 aliphatic carbocycles. The molecule has 1 N–H and O–H groups in total. The van der Waals surface area contributed by atoms with Crippen LogP contribution in [0.4, 0.5) is 13.2 Å². The van der Waals surface area contributed by atoms with Gasteiger partial charge in [-0.2, -0.15) is 13.2 Å². The molecule has 4 nitrogen and oxygen atoms in total. The minimum Gasteiger partial charge on any atom is -0.480 e. The molecule has 0 spiro atoms. The van der Waals surface area contributed by atoms with Gasteiger partial charge in [-0.1, -0.05) is 6.42 Å². The molecule has 2 unspecified atom stereocenters. The lowest BCUT2D eigenvalue weighted by atomic mass is 9.80. The molecule has 0 saturated heterocycles. The van der Waals surface area contributed by atoms with Gasteiger partial charge in [-0.05, 0) is 19.3 Å². The minimum absolute atomic E-state index is 0.0515. The van der Waals surface area contributed by atoms with Crippen LogP contribution in [0.5, 0.6) is 0 Å².